The Hall–Kier alpha value is -0.460. The first-order valence-electron chi connectivity index (χ1n) is 14.4. The van der Waals surface area contributed by atoms with Gasteiger partial charge in [-0.3, -0.25) is 0 Å². The molecule has 196 valence electrons. The Labute approximate surface area is 211 Å². The number of aliphatic hydroxyl groups excluding tert-OH is 1. The van der Waals surface area contributed by atoms with Gasteiger partial charge in [-0.05, 0) is 87.9 Å². The second kappa shape index (κ2) is 6.57. The first kappa shape index (κ1) is 23.6. The SMILES string of the molecule is C[C@@H]1C[C@H]2O[C@]3(O[C@H]2C(C)(C)O)[C@H]1[C@@]1(C)CCC2=C(CC[C@@H]4C(C)(C)[C@@H]5CC[C@@]4(C2)O5)[C@]1(C)[C@H]3O. The maximum Gasteiger partial charge on any atom is 0.199 e. The van der Waals surface area contributed by atoms with Crippen molar-refractivity contribution >= 4 is 0 Å². The third kappa shape index (κ3) is 2.50. The van der Waals surface area contributed by atoms with Crippen LogP contribution in [0, 0.1) is 34.0 Å². The smallest absolute Gasteiger partial charge is 0.199 e. The molecule has 4 aliphatic heterocycles. The van der Waals surface area contributed by atoms with Crippen molar-refractivity contribution in [1.82, 2.24) is 0 Å². The lowest BCUT2D eigenvalue weighted by Gasteiger charge is -2.52. The molecule has 4 saturated heterocycles. The Balaban J connectivity index is 1.34. The molecule has 35 heavy (non-hydrogen) atoms. The first-order valence-corrected chi connectivity index (χ1v) is 14.4. The molecule has 11 atom stereocenters. The zero-order valence-corrected chi connectivity index (χ0v) is 22.8. The lowest BCUT2D eigenvalue weighted by molar-refractivity contribution is -0.280. The number of fused-ring (bicyclic) bond motifs is 5. The van der Waals surface area contributed by atoms with Crippen LogP contribution in [0.5, 0.6) is 0 Å². The van der Waals surface area contributed by atoms with Gasteiger partial charge in [0.25, 0.3) is 0 Å². The summed E-state index contributed by atoms with van der Waals surface area (Å²) in [6, 6.07) is 0. The van der Waals surface area contributed by atoms with Crippen molar-refractivity contribution in [3.8, 4) is 0 Å². The van der Waals surface area contributed by atoms with Crippen molar-refractivity contribution < 1.29 is 24.4 Å². The van der Waals surface area contributed by atoms with Crippen LogP contribution in [0.3, 0.4) is 0 Å². The van der Waals surface area contributed by atoms with E-state index in [1.54, 1.807) is 5.57 Å². The average Bonchev–Trinajstić information content (AvgIpc) is 3.36. The fraction of sp³-hybridized carbons (Fsp3) is 0.933. The van der Waals surface area contributed by atoms with Gasteiger partial charge in [0.05, 0.1) is 23.4 Å². The van der Waals surface area contributed by atoms with Crippen molar-refractivity contribution in [3.05, 3.63) is 11.1 Å². The molecule has 7 aliphatic rings. The largest absolute Gasteiger partial charge is 0.388 e. The van der Waals surface area contributed by atoms with E-state index in [4.69, 9.17) is 14.2 Å². The summed E-state index contributed by atoms with van der Waals surface area (Å²) in [5, 5.41) is 23.3. The van der Waals surface area contributed by atoms with Crippen LogP contribution in [0.4, 0.5) is 0 Å². The molecule has 0 aromatic heterocycles. The summed E-state index contributed by atoms with van der Waals surface area (Å²) in [6.07, 6.45) is 7.68. The summed E-state index contributed by atoms with van der Waals surface area (Å²) >= 11 is 0. The molecule has 0 aromatic carbocycles. The van der Waals surface area contributed by atoms with Crippen molar-refractivity contribution in [2.75, 3.05) is 0 Å². The van der Waals surface area contributed by atoms with E-state index < -0.39 is 29.0 Å². The van der Waals surface area contributed by atoms with E-state index in [1.165, 1.54) is 18.4 Å². The van der Waals surface area contributed by atoms with Gasteiger partial charge in [0, 0.05) is 11.3 Å². The summed E-state index contributed by atoms with van der Waals surface area (Å²) in [5.74, 6) is 0.0201. The quantitative estimate of drug-likeness (QED) is 0.503. The normalized spacial score (nSPS) is 58.0. The average molecular weight is 487 g/mol. The van der Waals surface area contributed by atoms with E-state index in [-0.39, 0.29) is 28.5 Å². The van der Waals surface area contributed by atoms with Crippen LogP contribution in [0.25, 0.3) is 0 Å². The highest BCUT2D eigenvalue weighted by Gasteiger charge is 2.80. The molecule has 2 spiro atoms. The minimum Gasteiger partial charge on any atom is -0.388 e. The molecule has 0 radical (unpaired) electrons. The van der Waals surface area contributed by atoms with Gasteiger partial charge < -0.3 is 24.4 Å². The molecule has 0 aromatic rings. The molecule has 3 aliphatic carbocycles. The summed E-state index contributed by atoms with van der Waals surface area (Å²) < 4.78 is 20.3. The molecule has 1 saturated carbocycles. The van der Waals surface area contributed by atoms with Crippen LogP contribution in [0.15, 0.2) is 11.1 Å². The van der Waals surface area contributed by atoms with Gasteiger partial charge in [-0.15, -0.1) is 0 Å². The summed E-state index contributed by atoms with van der Waals surface area (Å²) in [7, 11) is 0. The standard InChI is InChI=1S/C30H46O5/c1-16-14-19-23(26(4,5)32)35-30(33-19)22(16)27(6)12-10-17-15-29-13-11-21(34-29)25(2,3)20(29)9-8-18(17)28(27,7)24(30)31/h16,19-24,31-32H,8-15H2,1-7H3/t16-,19-,20-,21+,22-,23-,24-,27-,28-,29+,30+/m1/s1. The maximum absolute atomic E-state index is 12.4. The molecule has 4 bridgehead atoms. The second-order valence-electron chi connectivity index (χ2n) is 15.2. The van der Waals surface area contributed by atoms with E-state index in [1.807, 2.05) is 13.8 Å². The van der Waals surface area contributed by atoms with E-state index in [9.17, 15) is 10.2 Å². The number of hydrogen-bond donors (Lipinski definition) is 2. The summed E-state index contributed by atoms with van der Waals surface area (Å²) in [6.45, 7) is 15.5. The van der Waals surface area contributed by atoms with E-state index >= 15 is 0 Å². The van der Waals surface area contributed by atoms with Crippen LogP contribution < -0.4 is 0 Å². The molecule has 4 heterocycles. The predicted octanol–water partition coefficient (Wildman–Crippen LogP) is 5.13. The molecule has 7 rings (SSSR count). The van der Waals surface area contributed by atoms with Crippen molar-refractivity contribution in [3.63, 3.8) is 0 Å². The second-order valence-corrected chi connectivity index (χ2v) is 15.2. The van der Waals surface area contributed by atoms with Crippen LogP contribution in [0.1, 0.15) is 99.8 Å². The number of hydrogen-bond acceptors (Lipinski definition) is 5. The van der Waals surface area contributed by atoms with Gasteiger partial charge in [-0.1, -0.05) is 45.8 Å². The van der Waals surface area contributed by atoms with Crippen molar-refractivity contribution in [2.45, 2.75) is 141 Å². The van der Waals surface area contributed by atoms with Crippen LogP contribution in [0.2, 0.25) is 0 Å². The van der Waals surface area contributed by atoms with Crippen LogP contribution in [-0.4, -0.2) is 51.6 Å². The highest BCUT2D eigenvalue weighted by molar-refractivity contribution is 5.40. The van der Waals surface area contributed by atoms with E-state index in [0.717, 1.165) is 38.5 Å². The first-order chi connectivity index (χ1) is 16.2. The van der Waals surface area contributed by atoms with E-state index in [0.29, 0.717) is 17.9 Å². The Kier molecular flexibility index (Phi) is 4.44. The van der Waals surface area contributed by atoms with E-state index in [2.05, 4.69) is 34.6 Å². The molecular formula is C30H46O5. The monoisotopic (exact) mass is 486 g/mol. The predicted molar refractivity (Wildman–Crippen MR) is 132 cm³/mol. The minimum absolute atomic E-state index is 0.00525. The Morgan fingerprint density at radius 3 is 2.43 bits per heavy atom. The summed E-state index contributed by atoms with van der Waals surface area (Å²) in [4.78, 5) is 0. The number of aliphatic hydroxyl groups is 2. The van der Waals surface area contributed by atoms with Crippen molar-refractivity contribution in [1.29, 1.82) is 0 Å². The highest BCUT2D eigenvalue weighted by Crippen LogP contribution is 2.76. The zero-order valence-electron chi connectivity index (χ0n) is 22.8. The number of ether oxygens (including phenoxy) is 3. The Bertz CT molecular complexity index is 995. The lowest BCUT2D eigenvalue weighted by Crippen LogP contribution is -2.52. The van der Waals surface area contributed by atoms with Crippen LogP contribution in [-0.2, 0) is 14.2 Å². The molecule has 5 fully saturated rings. The number of rotatable bonds is 1. The molecule has 5 heteroatoms. The van der Waals surface area contributed by atoms with Gasteiger partial charge >= 0.3 is 0 Å². The molecule has 5 nitrogen and oxygen atoms in total. The fourth-order valence-electron chi connectivity index (χ4n) is 11.3. The van der Waals surface area contributed by atoms with Crippen molar-refractivity contribution in [2.24, 2.45) is 34.0 Å². The third-order valence-electron chi connectivity index (χ3n) is 12.9. The topological polar surface area (TPSA) is 68.2 Å². The minimum atomic E-state index is -1.03. The Morgan fingerprint density at radius 2 is 1.71 bits per heavy atom. The fourth-order valence-corrected chi connectivity index (χ4v) is 11.3. The summed E-state index contributed by atoms with van der Waals surface area (Å²) in [5.41, 5.74) is 1.73. The third-order valence-corrected chi connectivity index (χ3v) is 12.9. The highest BCUT2D eigenvalue weighted by atomic mass is 16.8. The Morgan fingerprint density at radius 1 is 0.971 bits per heavy atom. The van der Waals surface area contributed by atoms with Gasteiger partial charge in [-0.2, -0.15) is 0 Å². The maximum atomic E-state index is 12.4. The van der Waals surface area contributed by atoms with Gasteiger partial charge in [0.2, 0.25) is 0 Å². The van der Waals surface area contributed by atoms with Gasteiger partial charge in [0.15, 0.2) is 5.79 Å². The molecule has 0 amide bonds. The van der Waals surface area contributed by atoms with Crippen LogP contribution >= 0.6 is 0 Å². The molecule has 2 N–H and O–H groups in total. The lowest BCUT2D eigenvalue weighted by atomic mass is 9.52. The molecule has 0 unspecified atom stereocenters. The van der Waals surface area contributed by atoms with Gasteiger partial charge in [0.1, 0.15) is 12.2 Å². The zero-order chi connectivity index (χ0) is 25.0. The molecular weight excluding hydrogens is 440 g/mol. The van der Waals surface area contributed by atoms with Gasteiger partial charge in [-0.25, -0.2) is 0 Å².